The van der Waals surface area contributed by atoms with Gasteiger partial charge in [0.05, 0.1) is 18.1 Å². The van der Waals surface area contributed by atoms with E-state index in [0.717, 1.165) is 17.9 Å². The molecule has 2 rings (SSSR count). The smallest absolute Gasteiger partial charge is 0.148 e. The first-order chi connectivity index (χ1) is 7.85. The van der Waals surface area contributed by atoms with Crippen molar-refractivity contribution in [3.63, 3.8) is 0 Å². The summed E-state index contributed by atoms with van der Waals surface area (Å²) in [6, 6.07) is 4.05. The molecule has 0 atom stereocenters. The van der Waals surface area contributed by atoms with Crippen LogP contribution in [-0.2, 0) is 18.8 Å². The Kier molecular flexibility index (Phi) is 3.51. The minimum Gasteiger partial charge on any atom is -0.310 e. The summed E-state index contributed by atoms with van der Waals surface area (Å²) < 4.78 is 1.93. The van der Waals surface area contributed by atoms with E-state index in [0.29, 0.717) is 12.4 Å². The lowest BCUT2D eigenvalue weighted by Gasteiger charge is -2.08. The zero-order chi connectivity index (χ0) is 11.4. The quantitative estimate of drug-likeness (QED) is 0.763. The number of rotatable bonds is 4. The summed E-state index contributed by atoms with van der Waals surface area (Å²) in [7, 11) is 0. The van der Waals surface area contributed by atoms with Crippen LogP contribution in [0, 0.1) is 0 Å². The van der Waals surface area contributed by atoms with Crippen LogP contribution >= 0.6 is 11.6 Å². The van der Waals surface area contributed by atoms with E-state index in [1.54, 1.807) is 12.5 Å². The topological polar surface area (TPSA) is 43.6 Å². The van der Waals surface area contributed by atoms with E-state index < -0.39 is 0 Å². The van der Waals surface area contributed by atoms with Crippen molar-refractivity contribution in [3.05, 3.63) is 41.7 Å². The van der Waals surface area contributed by atoms with Crippen LogP contribution in [-0.4, -0.2) is 19.7 Å². The molecule has 0 spiro atoms. The number of aromatic nitrogens is 4. The predicted molar refractivity (Wildman–Crippen MR) is 62.3 cm³/mol. The maximum atomic E-state index is 5.77. The normalized spacial score (nSPS) is 10.6. The second-order valence-corrected chi connectivity index (χ2v) is 3.74. The van der Waals surface area contributed by atoms with E-state index in [1.807, 2.05) is 10.6 Å². The first-order valence-corrected chi connectivity index (χ1v) is 5.74. The Labute approximate surface area is 99.3 Å². The van der Waals surface area contributed by atoms with Gasteiger partial charge in [0, 0.05) is 6.20 Å². The lowest BCUT2D eigenvalue weighted by molar-refractivity contribution is 0.726. The molecule has 0 bridgehead atoms. The molecular formula is C11H13ClN4. The lowest BCUT2D eigenvalue weighted by Crippen LogP contribution is -2.06. The van der Waals surface area contributed by atoms with Gasteiger partial charge < -0.3 is 4.57 Å². The first-order valence-electron chi connectivity index (χ1n) is 5.20. The third kappa shape index (κ3) is 2.22. The van der Waals surface area contributed by atoms with Gasteiger partial charge in [-0.15, -0.1) is 21.8 Å². The Morgan fingerprint density at radius 3 is 3.06 bits per heavy atom. The summed E-state index contributed by atoms with van der Waals surface area (Å²) in [5.74, 6) is 1.14. The molecule has 4 nitrogen and oxygen atoms in total. The van der Waals surface area contributed by atoms with E-state index in [9.17, 15) is 0 Å². The highest BCUT2D eigenvalue weighted by Crippen LogP contribution is 2.09. The van der Waals surface area contributed by atoms with Gasteiger partial charge in [-0.25, -0.2) is 0 Å². The number of nitrogens with zero attached hydrogens (tertiary/aromatic N) is 4. The van der Waals surface area contributed by atoms with Gasteiger partial charge in [-0.2, -0.15) is 0 Å². The Morgan fingerprint density at radius 2 is 2.31 bits per heavy atom. The average molecular weight is 237 g/mol. The summed E-state index contributed by atoms with van der Waals surface area (Å²) >= 11 is 5.77. The fourth-order valence-electron chi connectivity index (χ4n) is 1.61. The molecule has 0 amide bonds. The highest BCUT2D eigenvalue weighted by Gasteiger charge is 2.06. The second kappa shape index (κ2) is 5.07. The van der Waals surface area contributed by atoms with Gasteiger partial charge >= 0.3 is 0 Å². The van der Waals surface area contributed by atoms with E-state index in [1.165, 1.54) is 5.56 Å². The molecule has 0 aromatic carbocycles. The van der Waals surface area contributed by atoms with Gasteiger partial charge in [-0.1, -0.05) is 13.0 Å². The van der Waals surface area contributed by atoms with Crippen LogP contribution in [0.2, 0.25) is 0 Å². The van der Waals surface area contributed by atoms with E-state index in [2.05, 4.69) is 28.2 Å². The Bertz CT molecular complexity index is 467. The van der Waals surface area contributed by atoms with Crippen molar-refractivity contribution in [2.24, 2.45) is 0 Å². The van der Waals surface area contributed by atoms with Gasteiger partial charge in [-0.05, 0) is 18.1 Å². The molecule has 0 saturated carbocycles. The molecule has 0 aliphatic rings. The third-order valence-electron chi connectivity index (χ3n) is 2.50. The van der Waals surface area contributed by atoms with Crippen molar-refractivity contribution in [2.45, 2.75) is 25.8 Å². The van der Waals surface area contributed by atoms with E-state index >= 15 is 0 Å². The molecular weight excluding hydrogens is 224 g/mol. The first kappa shape index (κ1) is 11.1. The average Bonchev–Trinajstić information content (AvgIpc) is 2.77. The fourth-order valence-corrected chi connectivity index (χ4v) is 1.82. The van der Waals surface area contributed by atoms with Crippen LogP contribution in [0.4, 0.5) is 0 Å². The number of hydrogen-bond acceptors (Lipinski definition) is 3. The zero-order valence-corrected chi connectivity index (χ0v) is 9.85. The highest BCUT2D eigenvalue weighted by molar-refractivity contribution is 6.16. The van der Waals surface area contributed by atoms with Crippen LogP contribution in [0.5, 0.6) is 0 Å². The van der Waals surface area contributed by atoms with Crippen LogP contribution in [0.15, 0.2) is 24.7 Å². The minimum atomic E-state index is 0.369. The summed E-state index contributed by atoms with van der Waals surface area (Å²) in [4.78, 5) is 4.38. The van der Waals surface area contributed by atoms with Crippen molar-refractivity contribution >= 4 is 11.6 Å². The van der Waals surface area contributed by atoms with Crippen molar-refractivity contribution in [2.75, 3.05) is 0 Å². The summed E-state index contributed by atoms with van der Waals surface area (Å²) in [6.07, 6.45) is 4.46. The molecule has 0 radical (unpaired) electrons. The second-order valence-electron chi connectivity index (χ2n) is 3.47. The van der Waals surface area contributed by atoms with Crippen molar-refractivity contribution in [1.82, 2.24) is 19.7 Å². The largest absolute Gasteiger partial charge is 0.310 e. The SMILES string of the molecule is CCc1cccnc1Cn1cnnc1CCl. The monoisotopic (exact) mass is 236 g/mol. The molecule has 84 valence electrons. The molecule has 5 heteroatoms. The summed E-state index contributed by atoms with van der Waals surface area (Å²) in [5, 5.41) is 7.78. The Hall–Kier alpha value is -1.42. The molecule has 0 aliphatic carbocycles. The molecule has 0 saturated heterocycles. The fraction of sp³-hybridized carbons (Fsp3) is 0.364. The number of halogens is 1. The van der Waals surface area contributed by atoms with Crippen LogP contribution < -0.4 is 0 Å². The summed E-state index contributed by atoms with van der Waals surface area (Å²) in [6.45, 7) is 2.80. The number of hydrogen-bond donors (Lipinski definition) is 0. The van der Waals surface area contributed by atoms with Crippen LogP contribution in [0.25, 0.3) is 0 Å². The van der Waals surface area contributed by atoms with Gasteiger partial charge in [0.1, 0.15) is 12.2 Å². The third-order valence-corrected chi connectivity index (χ3v) is 2.74. The van der Waals surface area contributed by atoms with Gasteiger partial charge in [0.15, 0.2) is 0 Å². The standard InChI is InChI=1S/C11H13ClN4/c1-2-9-4-3-5-13-10(9)7-16-8-14-15-11(16)6-12/h3-5,8H,2,6-7H2,1H3. The van der Waals surface area contributed by atoms with Gasteiger partial charge in [0.25, 0.3) is 0 Å². The predicted octanol–water partition coefficient (Wildman–Crippen LogP) is 2.02. The lowest BCUT2D eigenvalue weighted by atomic mass is 10.1. The van der Waals surface area contributed by atoms with E-state index in [4.69, 9.17) is 11.6 Å². The Morgan fingerprint density at radius 1 is 1.44 bits per heavy atom. The maximum Gasteiger partial charge on any atom is 0.148 e. The van der Waals surface area contributed by atoms with Crippen molar-refractivity contribution in [3.8, 4) is 0 Å². The molecule has 0 unspecified atom stereocenters. The zero-order valence-electron chi connectivity index (χ0n) is 9.10. The maximum absolute atomic E-state index is 5.77. The number of aryl methyl sites for hydroxylation is 1. The molecule has 2 aromatic rings. The van der Waals surface area contributed by atoms with Crippen LogP contribution in [0.3, 0.4) is 0 Å². The number of alkyl halides is 1. The summed E-state index contributed by atoms with van der Waals surface area (Å²) in [5.41, 5.74) is 2.30. The van der Waals surface area contributed by atoms with Crippen LogP contribution in [0.1, 0.15) is 24.0 Å². The molecule has 0 fully saturated rings. The van der Waals surface area contributed by atoms with E-state index in [-0.39, 0.29) is 0 Å². The minimum absolute atomic E-state index is 0.369. The number of pyridine rings is 1. The molecule has 16 heavy (non-hydrogen) atoms. The highest BCUT2D eigenvalue weighted by atomic mass is 35.5. The van der Waals surface area contributed by atoms with Gasteiger partial charge in [-0.3, -0.25) is 4.98 Å². The van der Waals surface area contributed by atoms with Crippen molar-refractivity contribution in [1.29, 1.82) is 0 Å². The Balaban J connectivity index is 2.26. The molecule has 2 aromatic heterocycles. The van der Waals surface area contributed by atoms with Crippen molar-refractivity contribution < 1.29 is 0 Å². The van der Waals surface area contributed by atoms with Gasteiger partial charge in [0.2, 0.25) is 0 Å². The molecule has 2 heterocycles. The molecule has 0 aliphatic heterocycles. The molecule has 0 N–H and O–H groups in total.